The Kier molecular flexibility index (Phi) is 3.29. The van der Waals surface area contributed by atoms with Crippen LogP contribution in [0.15, 0.2) is 12.4 Å². The minimum atomic E-state index is -0.774. The second-order valence-corrected chi connectivity index (χ2v) is 4.11. The van der Waals surface area contributed by atoms with Crippen molar-refractivity contribution in [1.82, 2.24) is 19.7 Å². The predicted octanol–water partition coefficient (Wildman–Crippen LogP) is 0.917. The molecule has 0 fully saturated rings. The molecule has 2 heterocycles. The lowest BCUT2D eigenvalue weighted by Crippen LogP contribution is -2.05. The summed E-state index contributed by atoms with van der Waals surface area (Å²) in [6.45, 7) is 3.79. The SMILES string of the molecule is COc1ncc(C(O)c2c(C)nn(C)c2C)cn1. The maximum Gasteiger partial charge on any atom is 0.316 e. The van der Waals surface area contributed by atoms with Crippen molar-refractivity contribution in [3.05, 3.63) is 34.9 Å². The first-order chi connectivity index (χ1) is 8.54. The van der Waals surface area contributed by atoms with Gasteiger partial charge < -0.3 is 9.84 Å². The van der Waals surface area contributed by atoms with Gasteiger partial charge in [0.2, 0.25) is 0 Å². The van der Waals surface area contributed by atoms with E-state index in [0.29, 0.717) is 5.56 Å². The van der Waals surface area contributed by atoms with Gasteiger partial charge in [0.15, 0.2) is 0 Å². The highest BCUT2D eigenvalue weighted by molar-refractivity contribution is 5.33. The van der Waals surface area contributed by atoms with E-state index in [4.69, 9.17) is 4.74 Å². The maximum atomic E-state index is 10.4. The van der Waals surface area contributed by atoms with Gasteiger partial charge in [-0.2, -0.15) is 5.10 Å². The Bertz CT molecular complexity index is 548. The van der Waals surface area contributed by atoms with E-state index in [1.165, 1.54) is 7.11 Å². The molecule has 0 aliphatic heterocycles. The van der Waals surface area contributed by atoms with Crippen LogP contribution in [0.25, 0.3) is 0 Å². The van der Waals surface area contributed by atoms with Gasteiger partial charge in [-0.3, -0.25) is 4.68 Å². The Morgan fingerprint density at radius 1 is 1.28 bits per heavy atom. The van der Waals surface area contributed by atoms with Crippen LogP contribution in [-0.2, 0) is 7.05 Å². The van der Waals surface area contributed by atoms with E-state index in [-0.39, 0.29) is 6.01 Å². The van der Waals surface area contributed by atoms with E-state index >= 15 is 0 Å². The fourth-order valence-corrected chi connectivity index (χ4v) is 1.93. The van der Waals surface area contributed by atoms with Crippen LogP contribution < -0.4 is 4.74 Å². The molecule has 1 unspecified atom stereocenters. The normalized spacial score (nSPS) is 12.5. The van der Waals surface area contributed by atoms with Crippen molar-refractivity contribution in [2.24, 2.45) is 7.05 Å². The van der Waals surface area contributed by atoms with Crippen LogP contribution in [0.5, 0.6) is 6.01 Å². The molecule has 0 aliphatic rings. The number of aryl methyl sites for hydroxylation is 2. The highest BCUT2D eigenvalue weighted by Crippen LogP contribution is 2.26. The second kappa shape index (κ2) is 4.73. The van der Waals surface area contributed by atoms with Crippen molar-refractivity contribution in [2.45, 2.75) is 20.0 Å². The molecule has 2 rings (SSSR count). The number of rotatable bonds is 3. The van der Waals surface area contributed by atoms with Crippen LogP contribution in [0, 0.1) is 13.8 Å². The molecule has 0 aliphatic carbocycles. The summed E-state index contributed by atoms with van der Waals surface area (Å²) >= 11 is 0. The number of hydrogen-bond acceptors (Lipinski definition) is 5. The van der Waals surface area contributed by atoms with Gasteiger partial charge in [0.05, 0.1) is 12.8 Å². The van der Waals surface area contributed by atoms with Crippen LogP contribution in [0.2, 0.25) is 0 Å². The quantitative estimate of drug-likeness (QED) is 0.874. The zero-order chi connectivity index (χ0) is 13.3. The fraction of sp³-hybridized carbons (Fsp3) is 0.417. The minimum Gasteiger partial charge on any atom is -0.467 e. The average Bonchev–Trinajstić information content (AvgIpc) is 2.63. The molecular weight excluding hydrogens is 232 g/mol. The smallest absolute Gasteiger partial charge is 0.316 e. The summed E-state index contributed by atoms with van der Waals surface area (Å²) in [6.07, 6.45) is 2.34. The minimum absolute atomic E-state index is 0.283. The molecule has 1 N–H and O–H groups in total. The Labute approximate surface area is 105 Å². The Morgan fingerprint density at radius 3 is 2.33 bits per heavy atom. The second-order valence-electron chi connectivity index (χ2n) is 4.11. The third-order valence-corrected chi connectivity index (χ3v) is 2.98. The van der Waals surface area contributed by atoms with Crippen molar-refractivity contribution in [2.75, 3.05) is 7.11 Å². The summed E-state index contributed by atoms with van der Waals surface area (Å²) in [5.74, 6) is 0. The van der Waals surface area contributed by atoms with Gasteiger partial charge in [0.25, 0.3) is 0 Å². The molecule has 0 radical (unpaired) electrons. The first-order valence-electron chi connectivity index (χ1n) is 5.58. The van der Waals surface area contributed by atoms with Gasteiger partial charge in [-0.05, 0) is 13.8 Å². The van der Waals surface area contributed by atoms with E-state index in [1.807, 2.05) is 20.9 Å². The first-order valence-corrected chi connectivity index (χ1v) is 5.58. The van der Waals surface area contributed by atoms with Gasteiger partial charge in [0.1, 0.15) is 6.10 Å². The van der Waals surface area contributed by atoms with E-state index < -0.39 is 6.10 Å². The Morgan fingerprint density at radius 2 is 1.89 bits per heavy atom. The molecule has 6 heteroatoms. The number of methoxy groups -OCH3 is 1. The summed E-state index contributed by atoms with van der Waals surface area (Å²) in [6, 6.07) is 0.283. The molecule has 18 heavy (non-hydrogen) atoms. The van der Waals surface area contributed by atoms with Crippen molar-refractivity contribution < 1.29 is 9.84 Å². The van der Waals surface area contributed by atoms with Crippen LogP contribution in [-0.4, -0.2) is 32.0 Å². The number of aromatic nitrogens is 4. The number of aliphatic hydroxyl groups excluding tert-OH is 1. The van der Waals surface area contributed by atoms with Crippen molar-refractivity contribution >= 4 is 0 Å². The topological polar surface area (TPSA) is 73.1 Å². The molecule has 0 spiro atoms. The lowest BCUT2D eigenvalue weighted by atomic mass is 10.0. The molecule has 0 amide bonds. The molecular formula is C12H16N4O2. The van der Waals surface area contributed by atoms with Crippen LogP contribution in [0.1, 0.15) is 28.6 Å². The molecule has 0 bridgehead atoms. The molecule has 6 nitrogen and oxygen atoms in total. The molecule has 0 aromatic carbocycles. The zero-order valence-electron chi connectivity index (χ0n) is 10.9. The summed E-state index contributed by atoms with van der Waals surface area (Å²) in [7, 11) is 3.35. The third kappa shape index (κ3) is 2.06. The summed E-state index contributed by atoms with van der Waals surface area (Å²) in [5, 5.41) is 14.6. The van der Waals surface area contributed by atoms with E-state index in [0.717, 1.165) is 17.0 Å². The predicted molar refractivity (Wildman–Crippen MR) is 65.3 cm³/mol. The largest absolute Gasteiger partial charge is 0.467 e. The lowest BCUT2D eigenvalue weighted by Gasteiger charge is -2.11. The maximum absolute atomic E-state index is 10.4. The summed E-state index contributed by atoms with van der Waals surface area (Å²) in [5.41, 5.74) is 3.15. The molecule has 96 valence electrons. The fourth-order valence-electron chi connectivity index (χ4n) is 1.93. The third-order valence-electron chi connectivity index (χ3n) is 2.98. The van der Waals surface area contributed by atoms with E-state index in [2.05, 4.69) is 15.1 Å². The zero-order valence-corrected chi connectivity index (χ0v) is 10.9. The average molecular weight is 248 g/mol. The van der Waals surface area contributed by atoms with Gasteiger partial charge in [-0.1, -0.05) is 0 Å². The van der Waals surface area contributed by atoms with Crippen molar-refractivity contribution in [3.8, 4) is 6.01 Å². The van der Waals surface area contributed by atoms with Crippen LogP contribution >= 0.6 is 0 Å². The lowest BCUT2D eigenvalue weighted by molar-refractivity contribution is 0.217. The highest BCUT2D eigenvalue weighted by Gasteiger charge is 2.20. The Balaban J connectivity index is 2.37. The molecule has 0 saturated carbocycles. The van der Waals surface area contributed by atoms with Gasteiger partial charge >= 0.3 is 6.01 Å². The number of hydrogen-bond donors (Lipinski definition) is 1. The van der Waals surface area contributed by atoms with E-state index in [9.17, 15) is 5.11 Å². The monoisotopic (exact) mass is 248 g/mol. The van der Waals surface area contributed by atoms with Gasteiger partial charge in [0, 0.05) is 36.3 Å². The first kappa shape index (κ1) is 12.5. The molecule has 2 aromatic rings. The summed E-state index contributed by atoms with van der Waals surface area (Å²) in [4.78, 5) is 7.98. The summed E-state index contributed by atoms with van der Waals surface area (Å²) < 4.78 is 6.63. The van der Waals surface area contributed by atoms with Crippen LogP contribution in [0.4, 0.5) is 0 Å². The standard InChI is InChI=1S/C12H16N4O2/c1-7-10(8(2)16(3)15-7)11(17)9-5-13-12(18-4)14-6-9/h5-6,11,17H,1-4H3. The van der Waals surface area contributed by atoms with Crippen molar-refractivity contribution in [3.63, 3.8) is 0 Å². The molecule has 2 aromatic heterocycles. The molecule has 1 atom stereocenters. The van der Waals surface area contributed by atoms with Gasteiger partial charge in [-0.15, -0.1) is 0 Å². The number of nitrogens with zero attached hydrogens (tertiary/aromatic N) is 4. The molecule has 0 saturated heterocycles. The van der Waals surface area contributed by atoms with Crippen molar-refractivity contribution in [1.29, 1.82) is 0 Å². The van der Waals surface area contributed by atoms with E-state index in [1.54, 1.807) is 17.1 Å². The number of ether oxygens (including phenoxy) is 1. The van der Waals surface area contributed by atoms with Crippen LogP contribution in [0.3, 0.4) is 0 Å². The van der Waals surface area contributed by atoms with Gasteiger partial charge in [-0.25, -0.2) is 9.97 Å². The highest BCUT2D eigenvalue weighted by atomic mass is 16.5. The Hall–Kier alpha value is -1.95. The number of aliphatic hydroxyl groups is 1.